The van der Waals surface area contributed by atoms with Crippen LogP contribution in [-0.4, -0.2) is 34.1 Å². The molecule has 2 aliphatic rings. The second-order valence-electron chi connectivity index (χ2n) is 5.66. The molecule has 1 aliphatic heterocycles. The van der Waals surface area contributed by atoms with Crippen LogP contribution >= 0.6 is 11.8 Å². The lowest BCUT2D eigenvalue weighted by molar-refractivity contribution is -0.0841. The molecule has 106 valence electrons. The van der Waals surface area contributed by atoms with Crippen molar-refractivity contribution in [3.05, 3.63) is 11.7 Å². The summed E-state index contributed by atoms with van der Waals surface area (Å²) in [5, 5.41) is 8.01. The topological polar surface area (TPSA) is 60.2 Å². The zero-order chi connectivity index (χ0) is 13.1. The van der Waals surface area contributed by atoms with Crippen LogP contribution in [0.1, 0.15) is 44.3 Å². The Labute approximate surface area is 117 Å². The van der Waals surface area contributed by atoms with E-state index >= 15 is 0 Å². The lowest BCUT2D eigenvalue weighted by Gasteiger charge is -2.38. The number of hydrogen-bond donors (Lipinski definition) is 1. The Morgan fingerprint density at radius 2 is 2.21 bits per heavy atom. The maximum atomic E-state index is 5.78. The smallest absolute Gasteiger partial charge is 0.252 e. The van der Waals surface area contributed by atoms with Crippen LogP contribution in [0.25, 0.3) is 0 Å². The molecule has 0 radical (unpaired) electrons. The van der Waals surface area contributed by atoms with Gasteiger partial charge in [-0.1, -0.05) is 18.0 Å². The van der Waals surface area contributed by atoms with Gasteiger partial charge in [0, 0.05) is 18.3 Å². The largest absolute Gasteiger partial charge is 0.363 e. The summed E-state index contributed by atoms with van der Waals surface area (Å²) in [4.78, 5) is 4.39. The number of nitrogens with one attached hydrogen (secondary N) is 1. The van der Waals surface area contributed by atoms with Crippen LogP contribution < -0.4 is 5.32 Å². The van der Waals surface area contributed by atoms with E-state index in [-0.39, 0.29) is 5.60 Å². The van der Waals surface area contributed by atoms with E-state index in [0.29, 0.717) is 12.5 Å². The predicted octanol–water partition coefficient (Wildman–Crippen LogP) is 2.12. The van der Waals surface area contributed by atoms with Gasteiger partial charge in [0.2, 0.25) is 0 Å². The molecule has 0 atom stereocenters. The monoisotopic (exact) mass is 283 g/mol. The minimum Gasteiger partial charge on any atom is -0.363 e. The zero-order valence-electron chi connectivity index (χ0n) is 11.4. The average molecular weight is 283 g/mol. The van der Waals surface area contributed by atoms with Gasteiger partial charge >= 0.3 is 0 Å². The molecule has 1 aliphatic carbocycles. The highest BCUT2D eigenvalue weighted by Crippen LogP contribution is 2.31. The number of ether oxygens (including phenoxy) is 1. The molecule has 6 heteroatoms. The fourth-order valence-electron chi connectivity index (χ4n) is 2.47. The van der Waals surface area contributed by atoms with Gasteiger partial charge in [0.05, 0.1) is 11.4 Å². The van der Waals surface area contributed by atoms with Gasteiger partial charge in [-0.2, -0.15) is 16.7 Å². The van der Waals surface area contributed by atoms with Crippen LogP contribution in [-0.2, 0) is 17.1 Å². The highest BCUT2D eigenvalue weighted by molar-refractivity contribution is 7.99. The van der Waals surface area contributed by atoms with E-state index in [1.807, 2.05) is 11.8 Å². The summed E-state index contributed by atoms with van der Waals surface area (Å²) in [5.41, 5.74) is -0.0623. The SMILES string of the molecule is CC1(OCc2nc(CSC3CCCC3)no2)CNC1. The normalized spacial score (nSPS) is 22.6. The number of hydrogen-bond acceptors (Lipinski definition) is 6. The molecule has 3 rings (SSSR count). The third kappa shape index (κ3) is 3.49. The first-order valence-electron chi connectivity index (χ1n) is 7.01. The first-order chi connectivity index (χ1) is 9.23. The van der Waals surface area contributed by atoms with Gasteiger partial charge in [0.1, 0.15) is 6.61 Å². The van der Waals surface area contributed by atoms with E-state index in [1.165, 1.54) is 25.7 Å². The van der Waals surface area contributed by atoms with Crippen LogP contribution in [0.5, 0.6) is 0 Å². The number of rotatable bonds is 6. The summed E-state index contributed by atoms with van der Waals surface area (Å²) in [6.07, 6.45) is 5.42. The van der Waals surface area contributed by atoms with Gasteiger partial charge in [-0.3, -0.25) is 0 Å². The summed E-state index contributed by atoms with van der Waals surface area (Å²) in [6, 6.07) is 0. The Bertz CT molecular complexity index is 414. The summed E-state index contributed by atoms with van der Waals surface area (Å²) in [7, 11) is 0. The predicted molar refractivity (Wildman–Crippen MR) is 73.9 cm³/mol. The first-order valence-corrected chi connectivity index (χ1v) is 8.06. The highest BCUT2D eigenvalue weighted by Gasteiger charge is 2.33. The van der Waals surface area contributed by atoms with Crippen molar-refractivity contribution in [1.29, 1.82) is 0 Å². The van der Waals surface area contributed by atoms with Crippen LogP contribution in [0, 0.1) is 0 Å². The van der Waals surface area contributed by atoms with Crippen molar-refractivity contribution in [3.63, 3.8) is 0 Å². The van der Waals surface area contributed by atoms with Gasteiger partial charge in [-0.05, 0) is 19.8 Å². The second kappa shape index (κ2) is 5.81. The molecular weight excluding hydrogens is 262 g/mol. The molecule has 1 aromatic heterocycles. The van der Waals surface area contributed by atoms with Crippen molar-refractivity contribution in [3.8, 4) is 0 Å². The Balaban J connectivity index is 1.43. The van der Waals surface area contributed by atoms with E-state index in [9.17, 15) is 0 Å². The Hall–Kier alpha value is -0.590. The Kier molecular flexibility index (Phi) is 4.10. The van der Waals surface area contributed by atoms with Crippen molar-refractivity contribution in [2.75, 3.05) is 13.1 Å². The van der Waals surface area contributed by atoms with Crippen LogP contribution in [0.4, 0.5) is 0 Å². The van der Waals surface area contributed by atoms with Gasteiger partial charge in [0.15, 0.2) is 5.82 Å². The molecule has 19 heavy (non-hydrogen) atoms. The van der Waals surface area contributed by atoms with E-state index < -0.39 is 0 Å². The van der Waals surface area contributed by atoms with Gasteiger partial charge < -0.3 is 14.6 Å². The zero-order valence-corrected chi connectivity index (χ0v) is 12.2. The Morgan fingerprint density at radius 1 is 1.42 bits per heavy atom. The third-order valence-corrected chi connectivity index (χ3v) is 5.17. The second-order valence-corrected chi connectivity index (χ2v) is 6.95. The van der Waals surface area contributed by atoms with Crippen LogP contribution in [0.15, 0.2) is 4.52 Å². The maximum absolute atomic E-state index is 5.78. The van der Waals surface area contributed by atoms with E-state index in [4.69, 9.17) is 9.26 Å². The summed E-state index contributed by atoms with van der Waals surface area (Å²) in [5.74, 6) is 2.25. The Morgan fingerprint density at radius 3 is 2.89 bits per heavy atom. The van der Waals surface area contributed by atoms with Crippen LogP contribution in [0.2, 0.25) is 0 Å². The van der Waals surface area contributed by atoms with Gasteiger partial charge in [-0.15, -0.1) is 0 Å². The molecule has 0 bridgehead atoms. The molecular formula is C13H21N3O2S. The summed E-state index contributed by atoms with van der Waals surface area (Å²) < 4.78 is 11.0. The molecule has 5 nitrogen and oxygen atoms in total. The third-order valence-electron chi connectivity index (χ3n) is 3.80. The molecule has 0 aromatic carbocycles. The number of nitrogens with zero attached hydrogens (tertiary/aromatic N) is 2. The minimum atomic E-state index is -0.0623. The number of thioether (sulfide) groups is 1. The maximum Gasteiger partial charge on any atom is 0.252 e. The van der Waals surface area contributed by atoms with Gasteiger partial charge in [0.25, 0.3) is 5.89 Å². The van der Waals surface area contributed by atoms with Crippen molar-refractivity contribution in [1.82, 2.24) is 15.5 Å². The van der Waals surface area contributed by atoms with Gasteiger partial charge in [-0.25, -0.2) is 0 Å². The van der Waals surface area contributed by atoms with E-state index in [1.54, 1.807) is 0 Å². The summed E-state index contributed by atoms with van der Waals surface area (Å²) in [6.45, 7) is 4.30. The molecule has 1 saturated carbocycles. The highest BCUT2D eigenvalue weighted by atomic mass is 32.2. The first kappa shape index (κ1) is 13.4. The molecule has 1 aromatic rings. The van der Waals surface area contributed by atoms with E-state index in [0.717, 1.165) is 29.9 Å². The molecule has 2 heterocycles. The number of aromatic nitrogens is 2. The van der Waals surface area contributed by atoms with Crippen molar-refractivity contribution in [2.24, 2.45) is 0 Å². The summed E-state index contributed by atoms with van der Waals surface area (Å²) >= 11 is 1.95. The lowest BCUT2D eigenvalue weighted by Crippen LogP contribution is -2.58. The fraction of sp³-hybridized carbons (Fsp3) is 0.846. The molecule has 0 unspecified atom stereocenters. The van der Waals surface area contributed by atoms with Crippen molar-refractivity contribution < 1.29 is 9.26 Å². The molecule has 0 spiro atoms. The molecule has 0 amide bonds. The molecule has 1 N–H and O–H groups in total. The minimum absolute atomic E-state index is 0.0623. The molecule has 1 saturated heterocycles. The van der Waals surface area contributed by atoms with Crippen molar-refractivity contribution >= 4 is 11.8 Å². The standard InChI is InChI=1S/C13H21N3O2S/c1-13(8-14-9-13)17-6-12-15-11(16-18-12)7-19-10-4-2-3-5-10/h10,14H,2-9H2,1H3. The molecule has 2 fully saturated rings. The van der Waals surface area contributed by atoms with Crippen molar-refractivity contribution in [2.45, 2.75) is 55.8 Å². The lowest BCUT2D eigenvalue weighted by atomic mass is 10.0. The average Bonchev–Trinajstić information content (AvgIpc) is 3.03. The van der Waals surface area contributed by atoms with E-state index in [2.05, 4.69) is 22.4 Å². The fourth-order valence-corrected chi connectivity index (χ4v) is 3.64. The quantitative estimate of drug-likeness (QED) is 0.863. The van der Waals surface area contributed by atoms with Crippen LogP contribution in [0.3, 0.4) is 0 Å².